The summed E-state index contributed by atoms with van der Waals surface area (Å²) in [4.78, 5) is 6.70. The molecular formula is C21H20F2N4O3S. The number of benzene rings is 1. The molecule has 0 bridgehead atoms. The third-order valence-corrected chi connectivity index (χ3v) is 7.45. The van der Waals surface area contributed by atoms with E-state index in [1.165, 1.54) is 12.1 Å². The van der Waals surface area contributed by atoms with Crippen molar-refractivity contribution in [3.8, 4) is 6.07 Å². The molecule has 2 heterocycles. The Hall–Kier alpha value is -2.87. The minimum Gasteiger partial charge on any atom is -0.382 e. The summed E-state index contributed by atoms with van der Waals surface area (Å²) in [6.07, 6.45) is 0.445. The van der Waals surface area contributed by atoms with E-state index in [9.17, 15) is 22.3 Å². The third kappa shape index (κ3) is 3.69. The van der Waals surface area contributed by atoms with Crippen LogP contribution in [-0.4, -0.2) is 40.9 Å². The van der Waals surface area contributed by atoms with Gasteiger partial charge in [0.05, 0.1) is 11.6 Å². The first-order chi connectivity index (χ1) is 14.7. The normalized spacial score (nSPS) is 21.5. The quantitative estimate of drug-likeness (QED) is 0.514. The second kappa shape index (κ2) is 7.67. The zero-order valence-corrected chi connectivity index (χ0v) is 17.2. The van der Waals surface area contributed by atoms with Gasteiger partial charge in [-0.25, -0.2) is 13.4 Å². The Morgan fingerprint density at radius 3 is 2.74 bits per heavy atom. The van der Waals surface area contributed by atoms with Gasteiger partial charge in [0.25, 0.3) is 9.84 Å². The van der Waals surface area contributed by atoms with Gasteiger partial charge in [0.15, 0.2) is 5.03 Å². The molecule has 0 unspecified atom stereocenters. The van der Waals surface area contributed by atoms with Crippen molar-refractivity contribution in [2.24, 2.45) is 5.92 Å². The highest BCUT2D eigenvalue weighted by molar-refractivity contribution is 7.92. The molecule has 0 spiro atoms. The Balaban J connectivity index is 1.35. The van der Waals surface area contributed by atoms with Crippen molar-refractivity contribution in [2.75, 3.05) is 6.54 Å². The summed E-state index contributed by atoms with van der Waals surface area (Å²) < 4.78 is 54.1. The molecule has 0 amide bonds. The number of rotatable bonds is 7. The monoisotopic (exact) mass is 446 g/mol. The highest BCUT2D eigenvalue weighted by Crippen LogP contribution is 2.51. The summed E-state index contributed by atoms with van der Waals surface area (Å²) in [6.45, 7) is 0.787. The molecule has 2 aromatic heterocycles. The van der Waals surface area contributed by atoms with E-state index >= 15 is 0 Å². The number of hydrogen-bond acceptors (Lipinski definition) is 6. The van der Waals surface area contributed by atoms with Crippen LogP contribution in [0.1, 0.15) is 24.1 Å². The van der Waals surface area contributed by atoms with E-state index in [1.54, 1.807) is 12.1 Å². The van der Waals surface area contributed by atoms with Gasteiger partial charge in [0.1, 0.15) is 5.60 Å². The van der Waals surface area contributed by atoms with Gasteiger partial charge in [-0.2, -0.15) is 14.0 Å². The number of aromatic amines is 1. The van der Waals surface area contributed by atoms with Crippen molar-refractivity contribution >= 4 is 20.7 Å². The molecule has 1 aliphatic rings. The molecule has 0 radical (unpaired) electrons. The highest BCUT2D eigenvalue weighted by atomic mass is 32.2. The molecule has 1 fully saturated rings. The Labute approximate surface area is 177 Å². The topological polar surface area (TPSA) is 119 Å². The Morgan fingerprint density at radius 1 is 1.29 bits per heavy atom. The maximum Gasteiger partial charge on any atom is 0.379 e. The minimum absolute atomic E-state index is 0.288. The van der Waals surface area contributed by atoms with Gasteiger partial charge in [-0.1, -0.05) is 12.1 Å². The van der Waals surface area contributed by atoms with E-state index in [1.807, 2.05) is 12.1 Å². The lowest BCUT2D eigenvalue weighted by Gasteiger charge is -2.47. The van der Waals surface area contributed by atoms with Gasteiger partial charge in [0, 0.05) is 24.0 Å². The molecule has 7 nitrogen and oxygen atoms in total. The van der Waals surface area contributed by atoms with Crippen LogP contribution in [0.5, 0.6) is 0 Å². The third-order valence-electron chi connectivity index (χ3n) is 5.60. The van der Waals surface area contributed by atoms with E-state index < -0.39 is 25.7 Å². The molecule has 0 atom stereocenters. The molecule has 1 saturated carbocycles. The highest BCUT2D eigenvalue weighted by Gasteiger charge is 2.67. The van der Waals surface area contributed by atoms with Crippen molar-refractivity contribution in [3.63, 3.8) is 0 Å². The van der Waals surface area contributed by atoms with Crippen molar-refractivity contribution in [1.82, 2.24) is 15.3 Å². The first kappa shape index (κ1) is 21.4. The number of nitrogens with zero attached hydrogens (tertiary/aromatic N) is 2. The SMILES string of the molecule is N#Cc1ccc2cc(CNCC3CC(O)(C(F)(F)S(=O)(=O)c4ccccn4)C3)[nH]c2c1. The van der Waals surface area contributed by atoms with Crippen molar-refractivity contribution in [2.45, 2.75) is 35.3 Å². The number of aromatic nitrogens is 2. The van der Waals surface area contributed by atoms with Crippen LogP contribution in [0.4, 0.5) is 8.78 Å². The molecule has 10 heteroatoms. The lowest BCUT2D eigenvalue weighted by molar-refractivity contribution is -0.190. The number of H-pyrrole nitrogens is 1. The van der Waals surface area contributed by atoms with E-state index in [4.69, 9.17) is 5.26 Å². The first-order valence-electron chi connectivity index (χ1n) is 9.65. The van der Waals surface area contributed by atoms with E-state index in [0.29, 0.717) is 18.7 Å². The lowest BCUT2D eigenvalue weighted by atomic mass is 9.71. The smallest absolute Gasteiger partial charge is 0.379 e. The van der Waals surface area contributed by atoms with Crippen LogP contribution in [0.3, 0.4) is 0 Å². The molecule has 4 rings (SSSR count). The van der Waals surface area contributed by atoms with Gasteiger partial charge in [-0.3, -0.25) is 0 Å². The lowest BCUT2D eigenvalue weighted by Crippen LogP contribution is -2.61. The zero-order valence-electron chi connectivity index (χ0n) is 16.3. The van der Waals surface area contributed by atoms with Crippen molar-refractivity contribution < 1.29 is 22.3 Å². The second-order valence-corrected chi connectivity index (χ2v) is 9.77. The molecule has 31 heavy (non-hydrogen) atoms. The predicted octanol–water partition coefficient (Wildman–Crippen LogP) is 2.73. The number of aliphatic hydroxyl groups is 1. The largest absolute Gasteiger partial charge is 0.382 e. The fourth-order valence-electron chi connectivity index (χ4n) is 3.93. The van der Waals surface area contributed by atoms with Gasteiger partial charge >= 0.3 is 5.25 Å². The predicted molar refractivity (Wildman–Crippen MR) is 109 cm³/mol. The fraction of sp³-hybridized carbons (Fsp3) is 0.333. The molecule has 0 saturated heterocycles. The van der Waals surface area contributed by atoms with E-state index in [-0.39, 0.29) is 18.8 Å². The molecule has 3 N–H and O–H groups in total. The summed E-state index contributed by atoms with van der Waals surface area (Å²) in [5.41, 5.74) is -0.384. The molecular weight excluding hydrogens is 426 g/mol. The maximum atomic E-state index is 14.7. The number of sulfone groups is 1. The minimum atomic E-state index is -5.11. The average molecular weight is 446 g/mol. The molecule has 162 valence electrons. The van der Waals surface area contributed by atoms with Gasteiger partial charge in [-0.05, 0) is 61.0 Å². The Bertz CT molecular complexity index is 1250. The Morgan fingerprint density at radius 2 is 2.06 bits per heavy atom. The number of nitriles is 1. The molecule has 0 aliphatic heterocycles. The summed E-state index contributed by atoms with van der Waals surface area (Å²) in [7, 11) is -5.11. The summed E-state index contributed by atoms with van der Waals surface area (Å²) in [5.74, 6) is -0.288. The van der Waals surface area contributed by atoms with Gasteiger partial charge in [0.2, 0.25) is 0 Å². The summed E-state index contributed by atoms with van der Waals surface area (Å²) in [5, 5.41) is 18.3. The summed E-state index contributed by atoms with van der Waals surface area (Å²) in [6, 6.07) is 13.0. The maximum absolute atomic E-state index is 14.7. The number of pyridine rings is 1. The van der Waals surface area contributed by atoms with Crippen LogP contribution in [0, 0.1) is 17.2 Å². The fourth-order valence-corrected chi connectivity index (χ4v) is 5.31. The number of alkyl halides is 2. The van der Waals surface area contributed by atoms with E-state index in [2.05, 4.69) is 21.4 Å². The first-order valence-corrected chi connectivity index (χ1v) is 11.1. The average Bonchev–Trinajstić information content (AvgIpc) is 3.14. The number of hydrogen-bond donors (Lipinski definition) is 3. The standard InChI is InChI=1S/C21H20F2N4O3S/c22-21(23,31(29,30)19-3-1-2-6-26-19)20(28)9-15(10-20)12-25-13-17-8-16-5-4-14(11-24)7-18(16)27-17/h1-8,15,25,27-28H,9-10,12-13H2. The van der Waals surface area contributed by atoms with Crippen LogP contribution in [0.25, 0.3) is 10.9 Å². The van der Waals surface area contributed by atoms with Crippen molar-refractivity contribution in [3.05, 3.63) is 59.9 Å². The van der Waals surface area contributed by atoms with E-state index in [0.717, 1.165) is 28.9 Å². The van der Waals surface area contributed by atoms with Crippen LogP contribution < -0.4 is 5.32 Å². The van der Waals surface area contributed by atoms with Crippen LogP contribution in [-0.2, 0) is 16.4 Å². The molecule has 3 aromatic rings. The van der Waals surface area contributed by atoms with Crippen LogP contribution in [0.15, 0.2) is 53.7 Å². The molecule has 1 aliphatic carbocycles. The van der Waals surface area contributed by atoms with Gasteiger partial charge in [-0.15, -0.1) is 0 Å². The number of fused-ring (bicyclic) bond motifs is 1. The number of halogens is 2. The summed E-state index contributed by atoms with van der Waals surface area (Å²) >= 11 is 0. The molecule has 1 aromatic carbocycles. The zero-order chi connectivity index (χ0) is 22.3. The second-order valence-electron chi connectivity index (χ2n) is 7.83. The van der Waals surface area contributed by atoms with Crippen molar-refractivity contribution in [1.29, 1.82) is 5.26 Å². The van der Waals surface area contributed by atoms with Gasteiger partial charge < -0.3 is 15.4 Å². The van der Waals surface area contributed by atoms with Crippen LogP contribution in [0.2, 0.25) is 0 Å². The Kier molecular flexibility index (Phi) is 5.29. The van der Waals surface area contributed by atoms with Crippen LogP contribution >= 0.6 is 0 Å². The number of nitrogens with one attached hydrogen (secondary N) is 2.